The monoisotopic (exact) mass is 421 g/mol. The van der Waals surface area contributed by atoms with Gasteiger partial charge in [0.25, 0.3) is 5.91 Å². The third kappa shape index (κ3) is 4.36. The van der Waals surface area contributed by atoms with E-state index >= 15 is 0 Å². The molecule has 0 bridgehead atoms. The number of aromatic nitrogens is 1. The predicted octanol–water partition coefficient (Wildman–Crippen LogP) is 3.98. The molecule has 6 nitrogen and oxygen atoms in total. The van der Waals surface area contributed by atoms with Crippen molar-refractivity contribution < 1.29 is 13.2 Å². The van der Waals surface area contributed by atoms with E-state index in [0.29, 0.717) is 31.9 Å². The van der Waals surface area contributed by atoms with Crippen molar-refractivity contribution in [3.8, 4) is 10.6 Å². The molecule has 0 spiro atoms. The van der Waals surface area contributed by atoms with Crippen molar-refractivity contribution in [3.05, 3.63) is 63.6 Å². The number of benzene rings is 2. The Morgan fingerprint density at radius 3 is 2.44 bits per heavy atom. The molecule has 140 valence electrons. The number of primary sulfonamides is 1. The molecule has 3 N–H and O–H groups in total. The molecule has 1 aromatic heterocycles. The number of carbonyl (C=O) groups is 1. The van der Waals surface area contributed by atoms with E-state index in [1.807, 2.05) is 12.1 Å². The number of thiazole rings is 1. The van der Waals surface area contributed by atoms with E-state index in [9.17, 15) is 13.2 Å². The van der Waals surface area contributed by atoms with Crippen LogP contribution in [-0.4, -0.2) is 19.3 Å². The van der Waals surface area contributed by atoms with E-state index in [1.165, 1.54) is 17.4 Å². The zero-order valence-corrected chi connectivity index (χ0v) is 16.9. The van der Waals surface area contributed by atoms with Gasteiger partial charge in [-0.05, 0) is 43.7 Å². The summed E-state index contributed by atoms with van der Waals surface area (Å²) in [4.78, 5) is 17.5. The first-order valence-corrected chi connectivity index (χ1v) is 10.6. The van der Waals surface area contributed by atoms with Gasteiger partial charge in [0.2, 0.25) is 10.0 Å². The quantitative estimate of drug-likeness (QED) is 0.665. The van der Waals surface area contributed by atoms with Crippen LogP contribution in [0.1, 0.15) is 20.9 Å². The predicted molar refractivity (Wildman–Crippen MR) is 108 cm³/mol. The highest BCUT2D eigenvalue weighted by Gasteiger charge is 2.18. The number of carbonyl (C=O) groups excluding carboxylic acids is 1. The van der Waals surface area contributed by atoms with Crippen LogP contribution in [0.2, 0.25) is 5.02 Å². The maximum atomic E-state index is 12.6. The van der Waals surface area contributed by atoms with Gasteiger partial charge in [-0.15, -0.1) is 11.3 Å². The fourth-order valence-electron chi connectivity index (χ4n) is 2.50. The smallest absolute Gasteiger partial charge is 0.267 e. The Hall–Kier alpha value is -2.26. The molecule has 0 saturated carbocycles. The molecule has 0 unspecified atom stereocenters. The summed E-state index contributed by atoms with van der Waals surface area (Å²) in [6.07, 6.45) is 0. The molecule has 1 amide bonds. The number of halogens is 1. The van der Waals surface area contributed by atoms with Crippen molar-refractivity contribution in [2.45, 2.75) is 18.7 Å². The summed E-state index contributed by atoms with van der Waals surface area (Å²) in [5, 5.41) is 9.23. The van der Waals surface area contributed by atoms with Crippen LogP contribution in [0.3, 0.4) is 0 Å². The molecule has 0 aliphatic rings. The average molecular weight is 422 g/mol. The van der Waals surface area contributed by atoms with Crippen LogP contribution in [0.5, 0.6) is 0 Å². The van der Waals surface area contributed by atoms with Crippen LogP contribution < -0.4 is 10.5 Å². The van der Waals surface area contributed by atoms with Gasteiger partial charge in [0.15, 0.2) is 0 Å². The van der Waals surface area contributed by atoms with Gasteiger partial charge < -0.3 is 5.32 Å². The van der Waals surface area contributed by atoms with Crippen molar-refractivity contribution in [1.29, 1.82) is 0 Å². The van der Waals surface area contributed by atoms with E-state index < -0.39 is 10.0 Å². The lowest BCUT2D eigenvalue weighted by Crippen LogP contribution is -2.16. The number of rotatable bonds is 4. The molecule has 0 saturated heterocycles. The first-order valence-electron chi connectivity index (χ1n) is 7.83. The number of nitrogens with two attached hydrogens (primary N) is 1. The lowest BCUT2D eigenvalue weighted by molar-refractivity contribution is 0.102. The molecule has 27 heavy (non-hydrogen) atoms. The molecule has 3 aromatic rings. The minimum Gasteiger partial charge on any atom is -0.321 e. The third-order valence-electron chi connectivity index (χ3n) is 3.85. The first-order chi connectivity index (χ1) is 12.6. The summed E-state index contributed by atoms with van der Waals surface area (Å²) in [5.74, 6) is -0.366. The molecular formula is C18H16ClN3O3S2. The summed E-state index contributed by atoms with van der Waals surface area (Å²) in [6, 6.07) is 11.7. The van der Waals surface area contributed by atoms with E-state index in [1.54, 1.807) is 38.1 Å². The molecule has 0 atom stereocenters. The number of aryl methyl sites for hydroxylation is 2. The van der Waals surface area contributed by atoms with Crippen LogP contribution in [0.4, 0.5) is 5.69 Å². The Morgan fingerprint density at radius 1 is 1.15 bits per heavy atom. The molecule has 2 aromatic carbocycles. The average Bonchev–Trinajstić information content (AvgIpc) is 2.98. The summed E-state index contributed by atoms with van der Waals surface area (Å²) >= 11 is 7.15. The first kappa shape index (κ1) is 19.5. The summed E-state index contributed by atoms with van der Waals surface area (Å²) in [5.41, 5.74) is 2.30. The number of hydrogen-bond donors (Lipinski definition) is 2. The standard InChI is InChI=1S/C18H16ClN3O3S2/c1-10-3-8-14(9-15(10)27(20,24)25)22-17(23)16-11(2)21-18(26-16)12-4-6-13(19)7-5-12/h3-9H,1-2H3,(H,22,23)(H2,20,24,25). The number of anilines is 1. The Kier molecular flexibility index (Phi) is 5.34. The van der Waals surface area contributed by atoms with E-state index in [0.717, 1.165) is 5.56 Å². The van der Waals surface area contributed by atoms with E-state index in [2.05, 4.69) is 10.3 Å². The van der Waals surface area contributed by atoms with Crippen LogP contribution >= 0.6 is 22.9 Å². The minimum atomic E-state index is -3.87. The fraction of sp³-hybridized carbons (Fsp3) is 0.111. The molecule has 0 aliphatic carbocycles. The Morgan fingerprint density at radius 2 is 1.81 bits per heavy atom. The number of nitrogens with zero attached hydrogens (tertiary/aromatic N) is 1. The molecule has 9 heteroatoms. The van der Waals surface area contributed by atoms with Gasteiger partial charge in [-0.25, -0.2) is 18.5 Å². The van der Waals surface area contributed by atoms with Gasteiger partial charge in [-0.2, -0.15) is 0 Å². The number of amides is 1. The summed E-state index contributed by atoms with van der Waals surface area (Å²) in [6.45, 7) is 3.38. The third-order valence-corrected chi connectivity index (χ3v) is 6.36. The molecule has 3 rings (SSSR count). The second kappa shape index (κ2) is 7.40. The Balaban J connectivity index is 1.88. The van der Waals surface area contributed by atoms with Crippen LogP contribution in [0.25, 0.3) is 10.6 Å². The van der Waals surface area contributed by atoms with Crippen molar-refractivity contribution in [2.24, 2.45) is 5.14 Å². The maximum absolute atomic E-state index is 12.6. The highest BCUT2D eigenvalue weighted by Crippen LogP contribution is 2.29. The lowest BCUT2D eigenvalue weighted by atomic mass is 10.2. The van der Waals surface area contributed by atoms with E-state index in [-0.39, 0.29) is 10.8 Å². The largest absolute Gasteiger partial charge is 0.321 e. The normalized spacial score (nSPS) is 11.4. The van der Waals surface area contributed by atoms with Crippen molar-refractivity contribution in [2.75, 3.05) is 5.32 Å². The lowest BCUT2D eigenvalue weighted by Gasteiger charge is -2.08. The molecule has 0 radical (unpaired) electrons. The van der Waals surface area contributed by atoms with E-state index in [4.69, 9.17) is 16.7 Å². The van der Waals surface area contributed by atoms with Gasteiger partial charge in [-0.3, -0.25) is 4.79 Å². The highest BCUT2D eigenvalue weighted by molar-refractivity contribution is 7.89. The Labute approximate surface area is 166 Å². The van der Waals surface area contributed by atoms with Gasteiger partial charge >= 0.3 is 0 Å². The molecule has 1 heterocycles. The minimum absolute atomic E-state index is 0.0248. The van der Waals surface area contributed by atoms with Crippen LogP contribution in [0.15, 0.2) is 47.4 Å². The van der Waals surface area contributed by atoms with Crippen LogP contribution in [-0.2, 0) is 10.0 Å². The van der Waals surface area contributed by atoms with Crippen LogP contribution in [0, 0.1) is 13.8 Å². The Bertz CT molecular complexity index is 1120. The number of nitrogens with one attached hydrogen (secondary N) is 1. The topological polar surface area (TPSA) is 102 Å². The van der Waals surface area contributed by atoms with Gasteiger partial charge in [0.1, 0.15) is 9.88 Å². The maximum Gasteiger partial charge on any atom is 0.267 e. The summed E-state index contributed by atoms with van der Waals surface area (Å²) in [7, 11) is -3.87. The number of sulfonamides is 1. The number of hydrogen-bond acceptors (Lipinski definition) is 5. The molecule has 0 fully saturated rings. The SMILES string of the molecule is Cc1ccc(NC(=O)c2sc(-c3ccc(Cl)cc3)nc2C)cc1S(N)(=O)=O. The van der Waals surface area contributed by atoms with Crippen molar-refractivity contribution in [1.82, 2.24) is 4.98 Å². The zero-order valence-electron chi connectivity index (χ0n) is 14.5. The zero-order chi connectivity index (χ0) is 19.8. The summed E-state index contributed by atoms with van der Waals surface area (Å²) < 4.78 is 23.3. The van der Waals surface area contributed by atoms with Gasteiger partial charge in [-0.1, -0.05) is 29.8 Å². The molecular weight excluding hydrogens is 406 g/mol. The van der Waals surface area contributed by atoms with Gasteiger partial charge in [0.05, 0.1) is 10.6 Å². The van der Waals surface area contributed by atoms with Gasteiger partial charge in [0, 0.05) is 16.3 Å². The second-order valence-electron chi connectivity index (χ2n) is 5.92. The highest BCUT2D eigenvalue weighted by atomic mass is 35.5. The van der Waals surface area contributed by atoms with Crippen molar-refractivity contribution >= 4 is 44.6 Å². The fourth-order valence-corrected chi connectivity index (χ4v) is 4.40. The molecule has 0 aliphatic heterocycles. The van der Waals surface area contributed by atoms with Crippen molar-refractivity contribution in [3.63, 3.8) is 0 Å². The second-order valence-corrected chi connectivity index (χ2v) is 8.89.